The molecule has 1 heterocycles. The Morgan fingerprint density at radius 1 is 1.10 bits per heavy atom. The van der Waals surface area contributed by atoms with Crippen LogP contribution in [0.1, 0.15) is 29.8 Å². The minimum atomic E-state index is -0.177. The Hall–Kier alpha value is -1.88. The molecule has 2 aromatic rings. The molecule has 0 radical (unpaired) electrons. The molecule has 104 valence electrons. The molecule has 20 heavy (non-hydrogen) atoms. The molecule has 0 unspecified atom stereocenters. The fourth-order valence-corrected chi connectivity index (χ4v) is 2.30. The van der Waals surface area contributed by atoms with Crippen LogP contribution in [0.5, 0.6) is 0 Å². The van der Waals surface area contributed by atoms with E-state index in [-0.39, 0.29) is 5.91 Å². The van der Waals surface area contributed by atoms with Crippen LogP contribution >= 0.6 is 11.8 Å². The van der Waals surface area contributed by atoms with Gasteiger partial charge in [-0.05, 0) is 31.2 Å². The van der Waals surface area contributed by atoms with Crippen molar-refractivity contribution in [3.63, 3.8) is 0 Å². The molecule has 1 aromatic carbocycles. The van der Waals surface area contributed by atoms with Gasteiger partial charge >= 0.3 is 0 Å². The van der Waals surface area contributed by atoms with Crippen molar-refractivity contribution in [2.45, 2.75) is 31.0 Å². The van der Waals surface area contributed by atoms with Gasteiger partial charge in [0.1, 0.15) is 5.03 Å². The quantitative estimate of drug-likeness (QED) is 0.874. The van der Waals surface area contributed by atoms with Gasteiger partial charge in [-0.3, -0.25) is 4.79 Å². The van der Waals surface area contributed by atoms with E-state index < -0.39 is 0 Å². The molecule has 0 bridgehead atoms. The molecule has 4 nitrogen and oxygen atoms in total. The van der Waals surface area contributed by atoms with Gasteiger partial charge in [0.15, 0.2) is 5.82 Å². The average Bonchev–Trinajstić information content (AvgIpc) is 2.41. The van der Waals surface area contributed by atoms with Gasteiger partial charge in [-0.25, -0.2) is 0 Å². The number of hydrogen-bond donors (Lipinski definition) is 1. The third-order valence-electron chi connectivity index (χ3n) is 2.55. The highest BCUT2D eigenvalue weighted by atomic mass is 32.2. The molecule has 1 N–H and O–H groups in total. The summed E-state index contributed by atoms with van der Waals surface area (Å²) in [4.78, 5) is 12.0. The predicted octanol–water partition coefficient (Wildman–Crippen LogP) is 3.54. The van der Waals surface area contributed by atoms with E-state index in [0.29, 0.717) is 16.6 Å². The standard InChI is InChI=1S/C15H17N3OS/c1-10(2)20-14-9-8-13(17-18-14)16-15(19)12-6-4-11(3)5-7-12/h4-10H,1-3H3,(H,16,17,19). The van der Waals surface area contributed by atoms with Crippen LogP contribution in [0, 0.1) is 6.92 Å². The normalized spacial score (nSPS) is 10.6. The van der Waals surface area contributed by atoms with E-state index in [9.17, 15) is 4.79 Å². The first-order valence-corrected chi connectivity index (χ1v) is 7.31. The molecule has 0 spiro atoms. The van der Waals surface area contributed by atoms with Crippen molar-refractivity contribution in [3.8, 4) is 0 Å². The van der Waals surface area contributed by atoms with Gasteiger partial charge in [0.25, 0.3) is 5.91 Å². The van der Waals surface area contributed by atoms with Crippen LogP contribution in [0.15, 0.2) is 41.4 Å². The van der Waals surface area contributed by atoms with Gasteiger partial charge in [-0.2, -0.15) is 0 Å². The third-order valence-corrected chi connectivity index (χ3v) is 3.48. The van der Waals surface area contributed by atoms with Crippen LogP contribution in [0.4, 0.5) is 5.82 Å². The highest BCUT2D eigenvalue weighted by Gasteiger charge is 2.07. The number of amides is 1. The molecule has 0 saturated heterocycles. The van der Waals surface area contributed by atoms with Crippen LogP contribution in [-0.2, 0) is 0 Å². The van der Waals surface area contributed by atoms with Crippen molar-refractivity contribution in [1.29, 1.82) is 0 Å². The van der Waals surface area contributed by atoms with Crippen molar-refractivity contribution in [3.05, 3.63) is 47.5 Å². The lowest BCUT2D eigenvalue weighted by atomic mass is 10.1. The first-order valence-electron chi connectivity index (χ1n) is 6.43. The Bertz CT molecular complexity index is 579. The van der Waals surface area contributed by atoms with Crippen LogP contribution in [0.25, 0.3) is 0 Å². The van der Waals surface area contributed by atoms with Gasteiger partial charge in [0.05, 0.1) is 0 Å². The smallest absolute Gasteiger partial charge is 0.256 e. The first-order chi connectivity index (χ1) is 9.54. The van der Waals surface area contributed by atoms with Gasteiger partial charge in [0.2, 0.25) is 0 Å². The molecule has 0 aliphatic carbocycles. The lowest BCUT2D eigenvalue weighted by molar-refractivity contribution is 0.102. The molecule has 1 aromatic heterocycles. The molecule has 2 rings (SSSR count). The van der Waals surface area contributed by atoms with Gasteiger partial charge in [-0.1, -0.05) is 31.5 Å². The largest absolute Gasteiger partial charge is 0.305 e. The Labute approximate surface area is 123 Å². The lowest BCUT2D eigenvalue weighted by Gasteiger charge is -2.06. The highest BCUT2D eigenvalue weighted by Crippen LogP contribution is 2.20. The zero-order valence-corrected chi connectivity index (χ0v) is 12.6. The third kappa shape index (κ3) is 4.06. The van der Waals surface area contributed by atoms with E-state index in [0.717, 1.165) is 10.6 Å². The second kappa shape index (κ2) is 6.52. The van der Waals surface area contributed by atoms with Gasteiger partial charge in [-0.15, -0.1) is 22.0 Å². The molecular formula is C15H17N3OS. The minimum absolute atomic E-state index is 0.177. The minimum Gasteiger partial charge on any atom is -0.305 e. The molecule has 0 aliphatic rings. The maximum atomic E-state index is 12.0. The number of carbonyl (C=O) groups excluding carboxylic acids is 1. The van der Waals surface area contributed by atoms with Crippen molar-refractivity contribution in [2.24, 2.45) is 0 Å². The molecule has 0 atom stereocenters. The molecule has 0 saturated carbocycles. The van der Waals surface area contributed by atoms with Crippen molar-refractivity contribution in [2.75, 3.05) is 5.32 Å². The Balaban J connectivity index is 2.02. The van der Waals surface area contributed by atoms with E-state index in [1.165, 1.54) is 0 Å². The summed E-state index contributed by atoms with van der Waals surface area (Å²) in [7, 11) is 0. The summed E-state index contributed by atoms with van der Waals surface area (Å²) in [6.45, 7) is 6.18. The van der Waals surface area contributed by atoms with Crippen molar-refractivity contribution < 1.29 is 4.79 Å². The van der Waals surface area contributed by atoms with Crippen LogP contribution in [0.2, 0.25) is 0 Å². The zero-order valence-electron chi connectivity index (χ0n) is 11.8. The van der Waals surface area contributed by atoms with Crippen molar-refractivity contribution in [1.82, 2.24) is 10.2 Å². The van der Waals surface area contributed by atoms with Crippen molar-refractivity contribution >= 4 is 23.5 Å². The molecule has 0 aliphatic heterocycles. The monoisotopic (exact) mass is 287 g/mol. The number of benzene rings is 1. The zero-order chi connectivity index (χ0) is 14.5. The summed E-state index contributed by atoms with van der Waals surface area (Å²) in [6.07, 6.45) is 0. The summed E-state index contributed by atoms with van der Waals surface area (Å²) in [5.74, 6) is 0.284. The predicted molar refractivity (Wildman–Crippen MR) is 82.2 cm³/mol. The van der Waals surface area contributed by atoms with E-state index in [1.54, 1.807) is 30.0 Å². The fourth-order valence-electron chi connectivity index (χ4n) is 1.58. The Morgan fingerprint density at radius 3 is 2.35 bits per heavy atom. The second-order valence-corrected chi connectivity index (χ2v) is 6.34. The van der Waals surface area contributed by atoms with Crippen LogP contribution in [-0.4, -0.2) is 21.4 Å². The van der Waals surface area contributed by atoms with Gasteiger partial charge < -0.3 is 5.32 Å². The average molecular weight is 287 g/mol. The Morgan fingerprint density at radius 2 is 1.80 bits per heavy atom. The SMILES string of the molecule is Cc1ccc(C(=O)Nc2ccc(SC(C)C)nn2)cc1. The highest BCUT2D eigenvalue weighted by molar-refractivity contribution is 7.99. The number of hydrogen-bond acceptors (Lipinski definition) is 4. The number of aromatic nitrogens is 2. The Kier molecular flexibility index (Phi) is 4.74. The summed E-state index contributed by atoms with van der Waals surface area (Å²) in [5.41, 5.74) is 1.73. The summed E-state index contributed by atoms with van der Waals surface area (Å²) in [5, 5.41) is 12.1. The first kappa shape index (κ1) is 14.5. The van der Waals surface area contributed by atoms with Crippen LogP contribution in [0.3, 0.4) is 0 Å². The molecule has 1 amide bonds. The van der Waals surface area contributed by atoms with E-state index >= 15 is 0 Å². The molecular weight excluding hydrogens is 270 g/mol. The van der Waals surface area contributed by atoms with Crippen LogP contribution < -0.4 is 5.32 Å². The molecule has 5 heteroatoms. The molecule has 0 fully saturated rings. The maximum Gasteiger partial charge on any atom is 0.256 e. The lowest BCUT2D eigenvalue weighted by Crippen LogP contribution is -2.13. The topological polar surface area (TPSA) is 54.9 Å². The number of anilines is 1. The fraction of sp³-hybridized carbons (Fsp3) is 0.267. The summed E-state index contributed by atoms with van der Waals surface area (Å²) in [6, 6.07) is 11.0. The number of nitrogens with zero attached hydrogens (tertiary/aromatic N) is 2. The van der Waals surface area contributed by atoms with Gasteiger partial charge in [0, 0.05) is 10.8 Å². The summed E-state index contributed by atoms with van der Waals surface area (Å²) >= 11 is 1.64. The number of aryl methyl sites for hydroxylation is 1. The number of thioether (sulfide) groups is 1. The maximum absolute atomic E-state index is 12.0. The van der Waals surface area contributed by atoms with E-state index in [2.05, 4.69) is 29.4 Å². The summed E-state index contributed by atoms with van der Waals surface area (Å²) < 4.78 is 0. The van der Waals surface area contributed by atoms with E-state index in [1.807, 2.05) is 25.1 Å². The number of rotatable bonds is 4. The number of nitrogens with one attached hydrogen (secondary N) is 1. The second-order valence-electron chi connectivity index (χ2n) is 4.74. The van der Waals surface area contributed by atoms with E-state index in [4.69, 9.17) is 0 Å². The number of carbonyl (C=O) groups is 1.